The van der Waals surface area contributed by atoms with Crippen LogP contribution in [-0.2, 0) is 17.8 Å². The van der Waals surface area contributed by atoms with Crippen molar-refractivity contribution in [3.05, 3.63) is 42.1 Å². The van der Waals surface area contributed by atoms with Crippen molar-refractivity contribution in [3.8, 4) is 0 Å². The summed E-state index contributed by atoms with van der Waals surface area (Å²) >= 11 is 0. The second-order valence-electron chi connectivity index (χ2n) is 3.94. The molecule has 0 fully saturated rings. The van der Waals surface area contributed by atoms with Gasteiger partial charge >= 0.3 is 0 Å². The van der Waals surface area contributed by atoms with Gasteiger partial charge < -0.3 is 9.32 Å². The molecule has 0 bridgehead atoms. The van der Waals surface area contributed by atoms with Crippen molar-refractivity contribution in [2.24, 2.45) is 0 Å². The van der Waals surface area contributed by atoms with Crippen molar-refractivity contribution in [1.29, 1.82) is 0 Å². The van der Waals surface area contributed by atoms with Crippen LogP contribution in [0.5, 0.6) is 0 Å². The molecule has 0 saturated heterocycles. The molecule has 0 aliphatic heterocycles. The standard InChI is InChI=1S/C12H15N3O2/c1-15(9-10-7-13-14-8-10)12(16)5-4-11-3-2-6-17-11/h2-3,6-8H,4-5,9H2,1H3,(H,13,14). The highest BCUT2D eigenvalue weighted by Crippen LogP contribution is 2.07. The highest BCUT2D eigenvalue weighted by molar-refractivity contribution is 5.76. The number of rotatable bonds is 5. The SMILES string of the molecule is CN(Cc1cn[nH]c1)C(=O)CCc1ccco1. The third-order valence-electron chi connectivity index (χ3n) is 2.57. The number of amides is 1. The van der Waals surface area contributed by atoms with E-state index in [0.717, 1.165) is 11.3 Å². The van der Waals surface area contributed by atoms with Crippen molar-refractivity contribution in [3.63, 3.8) is 0 Å². The fraction of sp³-hybridized carbons (Fsp3) is 0.333. The first-order chi connectivity index (χ1) is 8.25. The fourth-order valence-electron chi connectivity index (χ4n) is 1.60. The normalized spacial score (nSPS) is 10.4. The highest BCUT2D eigenvalue weighted by Gasteiger charge is 2.10. The van der Waals surface area contributed by atoms with Crippen LogP contribution in [0, 0.1) is 0 Å². The Morgan fingerprint density at radius 2 is 2.47 bits per heavy atom. The summed E-state index contributed by atoms with van der Waals surface area (Å²) in [6.45, 7) is 0.577. The molecular formula is C12H15N3O2. The zero-order chi connectivity index (χ0) is 12.1. The van der Waals surface area contributed by atoms with Gasteiger partial charge in [-0.2, -0.15) is 5.10 Å². The minimum atomic E-state index is 0.0996. The molecule has 0 aliphatic rings. The molecular weight excluding hydrogens is 218 g/mol. The number of aromatic nitrogens is 2. The second-order valence-corrected chi connectivity index (χ2v) is 3.94. The summed E-state index contributed by atoms with van der Waals surface area (Å²) in [5.74, 6) is 0.942. The molecule has 0 radical (unpaired) electrons. The van der Waals surface area contributed by atoms with Gasteiger partial charge in [-0.15, -0.1) is 0 Å². The monoisotopic (exact) mass is 233 g/mol. The molecule has 1 amide bonds. The van der Waals surface area contributed by atoms with Crippen molar-refractivity contribution in [2.45, 2.75) is 19.4 Å². The van der Waals surface area contributed by atoms with Gasteiger partial charge in [0.2, 0.25) is 5.91 Å². The third kappa shape index (κ3) is 3.21. The third-order valence-corrected chi connectivity index (χ3v) is 2.57. The Bertz CT molecular complexity index is 448. The van der Waals surface area contributed by atoms with Crippen LogP contribution in [0.1, 0.15) is 17.7 Å². The Hall–Kier alpha value is -2.04. The van der Waals surface area contributed by atoms with Crippen molar-refractivity contribution >= 4 is 5.91 Å². The predicted molar refractivity (Wildman–Crippen MR) is 62.1 cm³/mol. The predicted octanol–water partition coefficient (Wildman–Crippen LogP) is 1.59. The quantitative estimate of drug-likeness (QED) is 0.853. The number of nitrogens with zero attached hydrogens (tertiary/aromatic N) is 2. The summed E-state index contributed by atoms with van der Waals surface area (Å²) in [6.07, 6.45) is 6.23. The first-order valence-electron chi connectivity index (χ1n) is 5.49. The van der Waals surface area contributed by atoms with Gasteiger partial charge in [-0.1, -0.05) is 0 Å². The van der Waals surface area contributed by atoms with Crippen LogP contribution >= 0.6 is 0 Å². The number of carbonyl (C=O) groups is 1. The number of carbonyl (C=O) groups excluding carboxylic acids is 1. The van der Waals surface area contributed by atoms with E-state index in [1.165, 1.54) is 0 Å². The maximum absolute atomic E-state index is 11.8. The second kappa shape index (κ2) is 5.34. The van der Waals surface area contributed by atoms with Gasteiger partial charge in [0.25, 0.3) is 0 Å². The smallest absolute Gasteiger partial charge is 0.223 e. The molecule has 2 aromatic heterocycles. The van der Waals surface area contributed by atoms with Crippen LogP contribution in [0.4, 0.5) is 0 Å². The van der Waals surface area contributed by atoms with E-state index in [0.29, 0.717) is 19.4 Å². The van der Waals surface area contributed by atoms with E-state index in [-0.39, 0.29) is 5.91 Å². The number of furan rings is 1. The lowest BCUT2D eigenvalue weighted by Crippen LogP contribution is -2.26. The van der Waals surface area contributed by atoms with E-state index in [2.05, 4.69) is 10.2 Å². The van der Waals surface area contributed by atoms with Gasteiger partial charge in [0.15, 0.2) is 0 Å². The number of aromatic amines is 1. The largest absolute Gasteiger partial charge is 0.469 e. The maximum atomic E-state index is 11.8. The number of hydrogen-bond acceptors (Lipinski definition) is 3. The molecule has 5 nitrogen and oxygen atoms in total. The van der Waals surface area contributed by atoms with E-state index in [1.807, 2.05) is 12.1 Å². The van der Waals surface area contributed by atoms with Gasteiger partial charge in [0, 0.05) is 38.2 Å². The Morgan fingerprint density at radius 1 is 1.59 bits per heavy atom. The van der Waals surface area contributed by atoms with Crippen LogP contribution in [0.15, 0.2) is 35.2 Å². The van der Waals surface area contributed by atoms with Gasteiger partial charge in [0.1, 0.15) is 5.76 Å². The molecule has 0 spiro atoms. The molecule has 0 saturated carbocycles. The Kier molecular flexibility index (Phi) is 3.59. The lowest BCUT2D eigenvalue weighted by atomic mass is 10.2. The molecule has 2 aromatic rings. The number of nitrogens with one attached hydrogen (secondary N) is 1. The Balaban J connectivity index is 1.79. The minimum absolute atomic E-state index is 0.0996. The maximum Gasteiger partial charge on any atom is 0.223 e. The zero-order valence-electron chi connectivity index (χ0n) is 9.72. The Labute approximate surface area is 99.4 Å². The molecule has 2 rings (SSSR count). The molecule has 2 heterocycles. The number of hydrogen-bond donors (Lipinski definition) is 1. The summed E-state index contributed by atoms with van der Waals surface area (Å²) in [5.41, 5.74) is 0.999. The molecule has 17 heavy (non-hydrogen) atoms. The van der Waals surface area contributed by atoms with E-state index >= 15 is 0 Å². The fourth-order valence-corrected chi connectivity index (χ4v) is 1.60. The van der Waals surface area contributed by atoms with Crippen LogP contribution < -0.4 is 0 Å². The van der Waals surface area contributed by atoms with Gasteiger partial charge in [-0.05, 0) is 12.1 Å². The van der Waals surface area contributed by atoms with Gasteiger partial charge in [0.05, 0.1) is 12.5 Å². The summed E-state index contributed by atoms with van der Waals surface area (Å²) < 4.78 is 5.18. The van der Waals surface area contributed by atoms with Gasteiger partial charge in [-0.3, -0.25) is 9.89 Å². The average molecular weight is 233 g/mol. The van der Waals surface area contributed by atoms with Crippen molar-refractivity contribution in [2.75, 3.05) is 7.05 Å². The van der Waals surface area contributed by atoms with Crippen LogP contribution in [0.25, 0.3) is 0 Å². The molecule has 0 aliphatic carbocycles. The number of aryl methyl sites for hydroxylation is 1. The summed E-state index contributed by atoms with van der Waals surface area (Å²) in [5, 5.41) is 6.57. The molecule has 0 aromatic carbocycles. The number of H-pyrrole nitrogens is 1. The average Bonchev–Trinajstić information content (AvgIpc) is 2.98. The van der Waals surface area contributed by atoms with Gasteiger partial charge in [-0.25, -0.2) is 0 Å². The molecule has 1 N–H and O–H groups in total. The lowest BCUT2D eigenvalue weighted by Gasteiger charge is -2.15. The van der Waals surface area contributed by atoms with Crippen LogP contribution in [-0.4, -0.2) is 28.1 Å². The highest BCUT2D eigenvalue weighted by atomic mass is 16.3. The Morgan fingerprint density at radius 3 is 3.12 bits per heavy atom. The van der Waals surface area contributed by atoms with E-state index < -0.39 is 0 Å². The molecule has 5 heteroatoms. The topological polar surface area (TPSA) is 62.1 Å². The molecule has 0 atom stereocenters. The van der Waals surface area contributed by atoms with E-state index in [1.54, 1.807) is 30.6 Å². The summed E-state index contributed by atoms with van der Waals surface area (Å²) in [7, 11) is 1.79. The first-order valence-corrected chi connectivity index (χ1v) is 5.49. The zero-order valence-corrected chi connectivity index (χ0v) is 9.72. The minimum Gasteiger partial charge on any atom is -0.469 e. The first kappa shape index (κ1) is 11.4. The van der Waals surface area contributed by atoms with E-state index in [4.69, 9.17) is 4.42 Å². The van der Waals surface area contributed by atoms with Crippen LogP contribution in [0.3, 0.4) is 0 Å². The lowest BCUT2D eigenvalue weighted by molar-refractivity contribution is -0.130. The van der Waals surface area contributed by atoms with Crippen molar-refractivity contribution < 1.29 is 9.21 Å². The summed E-state index contributed by atoms with van der Waals surface area (Å²) in [4.78, 5) is 13.5. The van der Waals surface area contributed by atoms with Crippen LogP contribution in [0.2, 0.25) is 0 Å². The van der Waals surface area contributed by atoms with E-state index in [9.17, 15) is 4.79 Å². The summed E-state index contributed by atoms with van der Waals surface area (Å²) in [6, 6.07) is 3.71. The molecule has 90 valence electrons. The van der Waals surface area contributed by atoms with Crippen molar-refractivity contribution in [1.82, 2.24) is 15.1 Å². The molecule has 0 unspecified atom stereocenters.